The fraction of sp³-hybridized carbons (Fsp3) is 0.533. The Balaban J connectivity index is 1.87. The van der Waals surface area contributed by atoms with Crippen molar-refractivity contribution in [2.24, 2.45) is 0 Å². The summed E-state index contributed by atoms with van der Waals surface area (Å²) in [6.45, 7) is 2.22. The van der Waals surface area contributed by atoms with E-state index in [1.807, 2.05) is 5.01 Å². The van der Waals surface area contributed by atoms with Crippen LogP contribution in [0.2, 0.25) is 5.02 Å². The molecule has 1 unspecified atom stereocenters. The Morgan fingerprint density at radius 3 is 2.43 bits per heavy atom. The first-order chi connectivity index (χ1) is 11.0. The van der Waals surface area contributed by atoms with Crippen LogP contribution in [0.15, 0.2) is 24.3 Å². The Labute approximate surface area is 140 Å². The summed E-state index contributed by atoms with van der Waals surface area (Å²) in [6, 6.07) is 6.35. The van der Waals surface area contributed by atoms with Gasteiger partial charge in [0.25, 0.3) is 5.91 Å². The van der Waals surface area contributed by atoms with Crippen LogP contribution in [0.4, 0.5) is 0 Å². The van der Waals surface area contributed by atoms with Gasteiger partial charge in [-0.1, -0.05) is 11.6 Å². The summed E-state index contributed by atoms with van der Waals surface area (Å²) in [4.78, 5) is 13.0. The minimum atomic E-state index is -3.07. The van der Waals surface area contributed by atoms with E-state index in [4.69, 9.17) is 16.3 Å². The number of amides is 1. The molecule has 0 aromatic heterocycles. The van der Waals surface area contributed by atoms with E-state index in [2.05, 4.69) is 0 Å². The van der Waals surface area contributed by atoms with E-state index in [1.54, 1.807) is 29.3 Å². The standard InChI is InChI=1S/C15H19ClN2O4S/c16-13-3-1-12(2-4-13)15(19)18(17-6-8-22-9-7-17)14-5-10-23(20,21)11-14/h1-4,14H,5-11H2. The van der Waals surface area contributed by atoms with Gasteiger partial charge in [-0.3, -0.25) is 9.80 Å². The van der Waals surface area contributed by atoms with E-state index in [0.29, 0.717) is 43.3 Å². The first-order valence-electron chi connectivity index (χ1n) is 7.58. The number of sulfone groups is 1. The maximum absolute atomic E-state index is 13.0. The van der Waals surface area contributed by atoms with Crippen LogP contribution in [0.25, 0.3) is 0 Å². The topological polar surface area (TPSA) is 66.9 Å². The molecule has 0 spiro atoms. The first kappa shape index (κ1) is 16.7. The number of benzene rings is 1. The zero-order valence-corrected chi connectivity index (χ0v) is 14.2. The molecule has 0 aliphatic carbocycles. The molecule has 2 heterocycles. The molecule has 6 nitrogen and oxygen atoms in total. The van der Waals surface area contributed by atoms with E-state index < -0.39 is 9.84 Å². The molecule has 3 rings (SSSR count). The number of morpholine rings is 1. The van der Waals surface area contributed by atoms with E-state index in [1.165, 1.54) is 0 Å². The predicted octanol–water partition coefficient (Wildman–Crippen LogP) is 1.22. The molecular weight excluding hydrogens is 340 g/mol. The molecule has 0 radical (unpaired) electrons. The lowest BCUT2D eigenvalue weighted by atomic mass is 10.1. The van der Waals surface area contributed by atoms with Crippen molar-refractivity contribution in [3.63, 3.8) is 0 Å². The van der Waals surface area contributed by atoms with Gasteiger partial charge in [-0.15, -0.1) is 0 Å². The number of hydrogen-bond donors (Lipinski definition) is 0. The average molecular weight is 359 g/mol. The second kappa shape index (κ2) is 6.76. The van der Waals surface area contributed by atoms with Crippen LogP contribution in [0.5, 0.6) is 0 Å². The summed E-state index contributed by atoms with van der Waals surface area (Å²) < 4.78 is 29.0. The van der Waals surface area contributed by atoms with Gasteiger partial charge in [0.2, 0.25) is 0 Å². The molecule has 1 amide bonds. The molecule has 1 aromatic carbocycles. The van der Waals surface area contributed by atoms with Crippen LogP contribution in [0, 0.1) is 0 Å². The number of nitrogens with zero attached hydrogens (tertiary/aromatic N) is 2. The molecular formula is C15H19ClN2O4S. The minimum Gasteiger partial charge on any atom is -0.379 e. The van der Waals surface area contributed by atoms with Gasteiger partial charge in [0.1, 0.15) is 0 Å². The summed E-state index contributed by atoms with van der Waals surface area (Å²) in [5.74, 6) is -0.0403. The van der Waals surface area contributed by atoms with Crippen LogP contribution < -0.4 is 0 Å². The number of halogens is 1. The van der Waals surface area contributed by atoms with Gasteiger partial charge in [-0.25, -0.2) is 13.4 Å². The van der Waals surface area contributed by atoms with Crippen molar-refractivity contribution < 1.29 is 17.9 Å². The third kappa shape index (κ3) is 3.85. The summed E-state index contributed by atoms with van der Waals surface area (Å²) in [6.07, 6.45) is 0.471. The third-order valence-electron chi connectivity index (χ3n) is 4.15. The van der Waals surface area contributed by atoms with Gasteiger partial charge < -0.3 is 4.74 Å². The highest BCUT2D eigenvalue weighted by atomic mass is 35.5. The van der Waals surface area contributed by atoms with Crippen LogP contribution in [-0.2, 0) is 14.6 Å². The Morgan fingerprint density at radius 1 is 1.22 bits per heavy atom. The van der Waals surface area contributed by atoms with E-state index in [-0.39, 0.29) is 23.5 Å². The van der Waals surface area contributed by atoms with Crippen LogP contribution in [0.1, 0.15) is 16.8 Å². The number of carbonyl (C=O) groups excluding carboxylic acids is 1. The lowest BCUT2D eigenvalue weighted by molar-refractivity contribution is -0.0844. The molecule has 126 valence electrons. The van der Waals surface area contributed by atoms with E-state index in [0.717, 1.165) is 0 Å². The zero-order chi connectivity index (χ0) is 16.4. The minimum absolute atomic E-state index is 0.0175. The van der Waals surface area contributed by atoms with Crippen LogP contribution >= 0.6 is 11.6 Å². The van der Waals surface area contributed by atoms with Crippen molar-refractivity contribution in [3.8, 4) is 0 Å². The molecule has 0 bridgehead atoms. The summed E-state index contributed by atoms with van der Waals surface area (Å²) in [5.41, 5.74) is 0.505. The molecule has 1 aromatic rings. The molecule has 8 heteroatoms. The zero-order valence-electron chi connectivity index (χ0n) is 12.7. The number of carbonyl (C=O) groups is 1. The predicted molar refractivity (Wildman–Crippen MR) is 87.1 cm³/mol. The highest BCUT2D eigenvalue weighted by Gasteiger charge is 2.38. The second-order valence-corrected chi connectivity index (χ2v) is 8.44. The quantitative estimate of drug-likeness (QED) is 0.812. The van der Waals surface area contributed by atoms with Crippen molar-refractivity contribution in [3.05, 3.63) is 34.9 Å². The van der Waals surface area contributed by atoms with Crippen molar-refractivity contribution in [1.29, 1.82) is 0 Å². The van der Waals surface area contributed by atoms with Gasteiger partial charge in [-0.2, -0.15) is 0 Å². The molecule has 1 atom stereocenters. The lowest BCUT2D eigenvalue weighted by Crippen LogP contribution is -2.56. The Kier molecular flexibility index (Phi) is 4.91. The summed E-state index contributed by atoms with van der Waals surface area (Å²) in [7, 11) is -3.07. The van der Waals surface area contributed by atoms with Gasteiger partial charge >= 0.3 is 0 Å². The fourth-order valence-corrected chi connectivity index (χ4v) is 4.81. The monoisotopic (exact) mass is 358 g/mol. The third-order valence-corrected chi connectivity index (χ3v) is 6.15. The van der Waals surface area contributed by atoms with Crippen molar-refractivity contribution in [2.45, 2.75) is 12.5 Å². The molecule has 0 N–H and O–H groups in total. The van der Waals surface area contributed by atoms with Gasteiger partial charge in [-0.05, 0) is 30.7 Å². The number of hydrogen-bond acceptors (Lipinski definition) is 5. The Morgan fingerprint density at radius 2 is 1.87 bits per heavy atom. The SMILES string of the molecule is O=C(c1ccc(Cl)cc1)N(C1CCS(=O)(=O)C1)N1CCOCC1. The van der Waals surface area contributed by atoms with Gasteiger partial charge in [0.05, 0.1) is 30.8 Å². The lowest BCUT2D eigenvalue weighted by Gasteiger charge is -2.40. The van der Waals surface area contributed by atoms with E-state index in [9.17, 15) is 13.2 Å². The van der Waals surface area contributed by atoms with Crippen molar-refractivity contribution in [2.75, 3.05) is 37.8 Å². The smallest absolute Gasteiger partial charge is 0.268 e. The molecule has 2 saturated heterocycles. The van der Waals surface area contributed by atoms with Crippen molar-refractivity contribution in [1.82, 2.24) is 10.0 Å². The number of hydrazine groups is 1. The average Bonchev–Trinajstić information content (AvgIpc) is 2.89. The number of rotatable bonds is 3. The van der Waals surface area contributed by atoms with Crippen molar-refractivity contribution >= 4 is 27.3 Å². The highest BCUT2D eigenvalue weighted by molar-refractivity contribution is 7.91. The highest BCUT2D eigenvalue weighted by Crippen LogP contribution is 2.23. The Hall–Kier alpha value is -1.15. The molecule has 2 aliphatic rings. The fourth-order valence-electron chi connectivity index (χ4n) is 2.99. The largest absolute Gasteiger partial charge is 0.379 e. The maximum atomic E-state index is 13.0. The van der Waals surface area contributed by atoms with Crippen LogP contribution in [-0.4, -0.2) is 68.2 Å². The van der Waals surface area contributed by atoms with Gasteiger partial charge in [0, 0.05) is 23.7 Å². The first-order valence-corrected chi connectivity index (χ1v) is 9.78. The molecule has 23 heavy (non-hydrogen) atoms. The van der Waals surface area contributed by atoms with Gasteiger partial charge in [0.15, 0.2) is 9.84 Å². The Bertz CT molecular complexity index is 671. The summed E-state index contributed by atoms with van der Waals surface area (Å²) >= 11 is 5.88. The number of ether oxygens (including phenoxy) is 1. The molecule has 0 saturated carbocycles. The normalized spacial score (nSPS) is 24.5. The van der Waals surface area contributed by atoms with E-state index >= 15 is 0 Å². The maximum Gasteiger partial charge on any atom is 0.268 e. The second-order valence-electron chi connectivity index (χ2n) is 5.78. The molecule has 2 fully saturated rings. The summed E-state index contributed by atoms with van der Waals surface area (Å²) in [5, 5.41) is 4.09. The van der Waals surface area contributed by atoms with Crippen LogP contribution in [0.3, 0.4) is 0 Å². The molecule has 2 aliphatic heterocycles.